The summed E-state index contributed by atoms with van der Waals surface area (Å²) < 4.78 is 213. The zero-order valence-corrected chi connectivity index (χ0v) is 18.4. The average molecular weight is 604 g/mol. The van der Waals surface area contributed by atoms with Crippen molar-refractivity contribution in [3.8, 4) is 23.0 Å². The molecule has 0 aliphatic heterocycles. The van der Waals surface area contributed by atoms with Gasteiger partial charge in [0.1, 0.15) is 33.9 Å². The lowest BCUT2D eigenvalue weighted by molar-refractivity contribution is -0.143. The van der Waals surface area contributed by atoms with Crippen molar-refractivity contribution in [1.82, 2.24) is 0 Å². The first-order valence-corrected chi connectivity index (χ1v) is 9.71. The van der Waals surface area contributed by atoms with Gasteiger partial charge in [-0.3, -0.25) is 0 Å². The molecule has 0 aliphatic carbocycles. The van der Waals surface area contributed by atoms with Gasteiger partial charge < -0.3 is 20.9 Å². The molecule has 218 valence electrons. The first-order valence-electron chi connectivity index (χ1n) is 9.71. The van der Waals surface area contributed by atoms with Gasteiger partial charge in [0, 0.05) is 18.2 Å². The van der Waals surface area contributed by atoms with E-state index in [9.17, 15) is 65.9 Å². The molecule has 0 aromatic heterocycles. The van der Waals surface area contributed by atoms with Crippen LogP contribution in [0.15, 0.2) is 18.2 Å². The van der Waals surface area contributed by atoms with Gasteiger partial charge in [-0.25, -0.2) is 22.0 Å². The molecule has 3 rings (SSSR count). The third kappa shape index (κ3) is 5.44. The second kappa shape index (κ2) is 9.77. The largest absolute Gasteiger partial charge is 0.456 e. The van der Waals surface area contributed by atoms with Crippen LogP contribution in [0.3, 0.4) is 0 Å². The van der Waals surface area contributed by atoms with Crippen LogP contribution in [0.1, 0.15) is 16.7 Å². The molecule has 4 N–H and O–H groups in total. The van der Waals surface area contributed by atoms with Crippen LogP contribution < -0.4 is 20.9 Å². The third-order valence-corrected chi connectivity index (χ3v) is 4.82. The minimum absolute atomic E-state index is 0.116. The van der Waals surface area contributed by atoms with Crippen LogP contribution in [0, 0.1) is 34.9 Å². The fourth-order valence-electron chi connectivity index (χ4n) is 3.17. The van der Waals surface area contributed by atoms with Crippen LogP contribution in [0.5, 0.6) is 23.0 Å². The fraction of sp³-hybridized carbons (Fsp3) is 0.143. The maximum atomic E-state index is 14.5. The van der Waals surface area contributed by atoms with E-state index in [2.05, 4.69) is 9.47 Å². The van der Waals surface area contributed by atoms with E-state index in [1.807, 2.05) is 0 Å². The molecule has 0 spiro atoms. The summed E-state index contributed by atoms with van der Waals surface area (Å²) in [7, 11) is 0. The summed E-state index contributed by atoms with van der Waals surface area (Å²) in [6, 6.07) is -0.744. The molecule has 3 aromatic rings. The van der Waals surface area contributed by atoms with Crippen molar-refractivity contribution in [1.29, 1.82) is 0 Å². The van der Waals surface area contributed by atoms with Gasteiger partial charge >= 0.3 is 18.5 Å². The van der Waals surface area contributed by atoms with Crippen molar-refractivity contribution in [2.24, 2.45) is 0 Å². The molecule has 0 fully saturated rings. The number of nitrogens with two attached hydrogens (primary N) is 2. The molecular weight excluding hydrogens is 597 g/mol. The molecule has 0 aliphatic rings. The summed E-state index contributed by atoms with van der Waals surface area (Å²) in [4.78, 5) is 0. The molecule has 40 heavy (non-hydrogen) atoms. The van der Waals surface area contributed by atoms with Gasteiger partial charge in [-0.05, 0) is 0 Å². The molecule has 4 nitrogen and oxygen atoms in total. The van der Waals surface area contributed by atoms with Crippen molar-refractivity contribution in [2.75, 3.05) is 11.5 Å². The molecule has 0 amide bonds. The molecule has 0 saturated carbocycles. The van der Waals surface area contributed by atoms with E-state index in [0.29, 0.717) is 0 Å². The highest BCUT2D eigenvalue weighted by atomic mass is 19.4. The van der Waals surface area contributed by atoms with E-state index in [0.717, 1.165) is 0 Å². The number of nitrogen functional groups attached to an aromatic ring is 2. The van der Waals surface area contributed by atoms with Gasteiger partial charge in [-0.15, -0.1) is 0 Å². The van der Waals surface area contributed by atoms with Crippen molar-refractivity contribution < 1.29 is 75.3 Å². The predicted octanol–water partition coefficient (Wildman–Crippen LogP) is 8.33. The van der Waals surface area contributed by atoms with Gasteiger partial charge in [0.25, 0.3) is 0 Å². The quantitative estimate of drug-likeness (QED) is 0.232. The molecule has 19 heteroatoms. The molecule has 0 saturated heterocycles. The van der Waals surface area contributed by atoms with Gasteiger partial charge in [-0.2, -0.15) is 43.9 Å². The lowest BCUT2D eigenvalue weighted by Gasteiger charge is -2.21. The summed E-state index contributed by atoms with van der Waals surface area (Å²) in [5, 5.41) is 0. The van der Waals surface area contributed by atoms with E-state index in [-0.39, 0.29) is 12.1 Å². The molecule has 0 atom stereocenters. The van der Waals surface area contributed by atoms with Crippen molar-refractivity contribution >= 4 is 11.4 Å². The number of hydrogen-bond donors (Lipinski definition) is 2. The van der Waals surface area contributed by atoms with E-state index >= 15 is 0 Å². The Kier molecular flexibility index (Phi) is 7.42. The number of ether oxygens (including phenoxy) is 2. The van der Waals surface area contributed by atoms with E-state index in [1.165, 1.54) is 0 Å². The Morgan fingerprint density at radius 1 is 0.400 bits per heavy atom. The summed E-state index contributed by atoms with van der Waals surface area (Å²) in [5.41, 5.74) is -1.07. The van der Waals surface area contributed by atoms with Crippen molar-refractivity contribution in [3.63, 3.8) is 0 Å². The second-order valence-electron chi connectivity index (χ2n) is 7.51. The van der Waals surface area contributed by atoms with Crippen LogP contribution in [0.2, 0.25) is 0 Å². The molecule has 0 bridgehead atoms. The zero-order valence-electron chi connectivity index (χ0n) is 18.4. The maximum absolute atomic E-state index is 14.5. The minimum atomic E-state index is -6.01. The fourth-order valence-corrected chi connectivity index (χ4v) is 3.17. The number of benzene rings is 3. The van der Waals surface area contributed by atoms with Crippen molar-refractivity contribution in [3.05, 3.63) is 69.8 Å². The number of anilines is 2. The Hall–Kier alpha value is -4.19. The van der Waals surface area contributed by atoms with Gasteiger partial charge in [0.2, 0.25) is 5.82 Å². The molecular formula is C21H7F15N2O2. The summed E-state index contributed by atoms with van der Waals surface area (Å²) in [6.07, 6.45) is -17.7. The monoisotopic (exact) mass is 604 g/mol. The minimum Gasteiger partial charge on any atom is -0.456 e. The lowest BCUT2D eigenvalue weighted by Crippen LogP contribution is -2.16. The van der Waals surface area contributed by atoms with E-state index < -0.39 is 111 Å². The molecule has 0 unspecified atom stereocenters. The Labute approximate surface area is 210 Å². The third-order valence-electron chi connectivity index (χ3n) is 4.82. The normalized spacial score (nSPS) is 12.6. The van der Waals surface area contributed by atoms with Gasteiger partial charge in [0.15, 0.2) is 34.8 Å². The standard InChI is InChI=1S/C21H7F15N2O2/c22-13-4(37)1-6(10(16(13)25)19(28,29)30)39-8-3-9(15(24)18(27)12(8)21(34,35)36)40-7-2-5(38)14(23)17(26)11(7)20(31,32)33/h1-3H,37-38H2. The highest BCUT2D eigenvalue weighted by Gasteiger charge is 2.45. The number of hydrogen-bond acceptors (Lipinski definition) is 4. The number of alkyl halides is 9. The predicted molar refractivity (Wildman–Crippen MR) is 103 cm³/mol. The Bertz CT molecular complexity index is 1490. The zero-order chi connectivity index (χ0) is 30.7. The SMILES string of the molecule is Nc1cc(Oc2cc(Oc3cc(N)c(F)c(F)c3C(F)(F)F)c(C(F)(F)F)c(F)c2F)c(C(F)(F)F)c(F)c1F. The second-order valence-corrected chi connectivity index (χ2v) is 7.51. The smallest absolute Gasteiger partial charge is 0.422 e. The number of rotatable bonds is 4. The van der Waals surface area contributed by atoms with E-state index in [1.54, 1.807) is 0 Å². The average Bonchev–Trinajstić information content (AvgIpc) is 2.76. The maximum Gasteiger partial charge on any atom is 0.422 e. The van der Waals surface area contributed by atoms with Crippen LogP contribution >= 0.6 is 0 Å². The summed E-state index contributed by atoms with van der Waals surface area (Å²) in [6.45, 7) is 0. The summed E-state index contributed by atoms with van der Waals surface area (Å²) in [5.74, 6) is -24.0. The first-order chi connectivity index (χ1) is 18.1. The van der Waals surface area contributed by atoms with Crippen LogP contribution in [-0.2, 0) is 18.5 Å². The Morgan fingerprint density at radius 3 is 1.00 bits per heavy atom. The Balaban J connectivity index is 2.33. The molecule has 0 heterocycles. The first kappa shape index (κ1) is 30.4. The number of halogens is 15. The molecule has 0 radical (unpaired) electrons. The van der Waals surface area contributed by atoms with Crippen LogP contribution in [0.4, 0.5) is 77.2 Å². The lowest BCUT2D eigenvalue weighted by atomic mass is 10.1. The highest BCUT2D eigenvalue weighted by Crippen LogP contribution is 2.49. The van der Waals surface area contributed by atoms with Gasteiger partial charge in [0.05, 0.1) is 11.4 Å². The Morgan fingerprint density at radius 2 is 0.675 bits per heavy atom. The summed E-state index contributed by atoms with van der Waals surface area (Å²) >= 11 is 0. The highest BCUT2D eigenvalue weighted by molar-refractivity contribution is 5.57. The molecule has 3 aromatic carbocycles. The topological polar surface area (TPSA) is 70.5 Å². The van der Waals surface area contributed by atoms with E-state index in [4.69, 9.17) is 11.5 Å². The van der Waals surface area contributed by atoms with Crippen LogP contribution in [-0.4, -0.2) is 0 Å². The van der Waals surface area contributed by atoms with Crippen molar-refractivity contribution in [2.45, 2.75) is 18.5 Å². The van der Waals surface area contributed by atoms with Gasteiger partial charge in [-0.1, -0.05) is 0 Å². The van der Waals surface area contributed by atoms with Crippen LogP contribution in [0.25, 0.3) is 0 Å².